The second kappa shape index (κ2) is 6.06. The molecule has 1 heterocycles. The van der Waals surface area contributed by atoms with Crippen molar-refractivity contribution in [1.82, 2.24) is 14.9 Å². The topological polar surface area (TPSA) is 46.9 Å². The average Bonchev–Trinajstić information content (AvgIpc) is 2.74. The predicted octanol–water partition coefficient (Wildman–Crippen LogP) is 2.34. The number of carbonyl (C=O) groups excluding carboxylic acids is 1. The van der Waals surface area contributed by atoms with Gasteiger partial charge >= 0.3 is 0 Å². The summed E-state index contributed by atoms with van der Waals surface area (Å²) in [5.41, 5.74) is 2.08. The molecule has 102 valence electrons. The van der Waals surface area contributed by atoms with Gasteiger partial charge in [0.15, 0.2) is 0 Å². The van der Waals surface area contributed by atoms with E-state index in [0.29, 0.717) is 19.0 Å². The van der Waals surface area contributed by atoms with Crippen LogP contribution in [-0.2, 0) is 11.3 Å². The Labute approximate surface area is 117 Å². The van der Waals surface area contributed by atoms with E-state index in [4.69, 9.17) is 11.6 Å². The van der Waals surface area contributed by atoms with Gasteiger partial charge in [0.2, 0.25) is 5.91 Å². The van der Waals surface area contributed by atoms with Gasteiger partial charge in [-0.25, -0.2) is 4.98 Å². The largest absolute Gasteiger partial charge is 0.354 e. The third-order valence-corrected chi connectivity index (χ3v) is 3.62. The van der Waals surface area contributed by atoms with Crippen LogP contribution < -0.4 is 5.32 Å². The first-order valence-corrected chi connectivity index (χ1v) is 6.92. The number of amides is 1. The predicted molar refractivity (Wildman–Crippen MR) is 77.4 cm³/mol. The summed E-state index contributed by atoms with van der Waals surface area (Å²) in [6.45, 7) is 5.09. The van der Waals surface area contributed by atoms with Crippen LogP contribution in [0.4, 0.5) is 0 Å². The van der Waals surface area contributed by atoms with Crippen LogP contribution in [0.1, 0.15) is 12.7 Å². The Morgan fingerprint density at radius 1 is 1.47 bits per heavy atom. The Kier molecular flexibility index (Phi) is 4.43. The molecule has 0 aliphatic rings. The van der Waals surface area contributed by atoms with E-state index in [1.165, 1.54) is 0 Å². The number of aryl methyl sites for hydroxylation is 1. The highest BCUT2D eigenvalue weighted by molar-refractivity contribution is 6.19. The zero-order valence-corrected chi connectivity index (χ0v) is 11.9. The van der Waals surface area contributed by atoms with E-state index < -0.39 is 0 Å². The minimum Gasteiger partial charge on any atom is -0.354 e. The second-order valence-electron chi connectivity index (χ2n) is 4.65. The number of hydrogen-bond donors (Lipinski definition) is 1. The van der Waals surface area contributed by atoms with Gasteiger partial charge in [0.05, 0.1) is 11.0 Å². The number of imidazole rings is 1. The molecule has 1 amide bonds. The zero-order chi connectivity index (χ0) is 13.8. The van der Waals surface area contributed by atoms with E-state index in [0.717, 1.165) is 16.9 Å². The molecule has 0 bridgehead atoms. The number of hydrogen-bond acceptors (Lipinski definition) is 2. The van der Waals surface area contributed by atoms with Crippen LogP contribution in [0.15, 0.2) is 24.3 Å². The van der Waals surface area contributed by atoms with Crippen LogP contribution in [0, 0.1) is 12.8 Å². The standard InChI is InChI=1S/C14H18ClN3O/c1-10(9-15)14(19)16-7-8-18-11(2)17-12-5-3-4-6-13(12)18/h3-6,10H,7-9H2,1-2H3,(H,16,19). The second-order valence-corrected chi connectivity index (χ2v) is 4.95. The van der Waals surface area contributed by atoms with Gasteiger partial charge in [-0.2, -0.15) is 0 Å². The monoisotopic (exact) mass is 279 g/mol. The summed E-state index contributed by atoms with van der Waals surface area (Å²) in [5.74, 6) is 1.15. The van der Waals surface area contributed by atoms with Gasteiger partial charge < -0.3 is 9.88 Å². The quantitative estimate of drug-likeness (QED) is 0.854. The molecule has 1 aromatic carbocycles. The van der Waals surface area contributed by atoms with Crippen molar-refractivity contribution in [2.75, 3.05) is 12.4 Å². The van der Waals surface area contributed by atoms with Crippen LogP contribution in [0.2, 0.25) is 0 Å². The van der Waals surface area contributed by atoms with Crippen LogP contribution in [0.3, 0.4) is 0 Å². The van der Waals surface area contributed by atoms with Crippen molar-refractivity contribution in [3.8, 4) is 0 Å². The van der Waals surface area contributed by atoms with Crippen molar-refractivity contribution in [3.05, 3.63) is 30.1 Å². The van der Waals surface area contributed by atoms with E-state index in [9.17, 15) is 4.79 Å². The summed E-state index contributed by atoms with van der Waals surface area (Å²) in [6, 6.07) is 8.00. The number of para-hydroxylation sites is 2. The number of alkyl halides is 1. The Morgan fingerprint density at radius 3 is 2.95 bits per heavy atom. The summed E-state index contributed by atoms with van der Waals surface area (Å²) in [4.78, 5) is 16.1. The van der Waals surface area contributed by atoms with Crippen molar-refractivity contribution in [1.29, 1.82) is 0 Å². The number of nitrogens with zero attached hydrogens (tertiary/aromatic N) is 2. The number of fused-ring (bicyclic) bond motifs is 1. The highest BCUT2D eigenvalue weighted by atomic mass is 35.5. The lowest BCUT2D eigenvalue weighted by atomic mass is 10.2. The lowest BCUT2D eigenvalue weighted by Gasteiger charge is -2.11. The molecular formula is C14H18ClN3O. The number of halogens is 1. The molecule has 1 unspecified atom stereocenters. The van der Waals surface area contributed by atoms with Crippen molar-refractivity contribution < 1.29 is 4.79 Å². The molecule has 0 saturated heterocycles. The first-order valence-electron chi connectivity index (χ1n) is 6.39. The molecule has 0 aliphatic heterocycles. The van der Waals surface area contributed by atoms with Crippen LogP contribution >= 0.6 is 11.6 Å². The summed E-state index contributed by atoms with van der Waals surface area (Å²) in [5, 5.41) is 2.89. The molecule has 5 heteroatoms. The Balaban J connectivity index is 2.02. The summed E-state index contributed by atoms with van der Waals surface area (Å²) < 4.78 is 2.11. The fraction of sp³-hybridized carbons (Fsp3) is 0.429. The number of rotatable bonds is 5. The van der Waals surface area contributed by atoms with Crippen LogP contribution in [0.5, 0.6) is 0 Å². The Bertz CT molecular complexity index is 579. The van der Waals surface area contributed by atoms with Crippen LogP contribution in [0.25, 0.3) is 11.0 Å². The van der Waals surface area contributed by atoms with Crippen molar-refractivity contribution in [2.45, 2.75) is 20.4 Å². The number of aromatic nitrogens is 2. The lowest BCUT2D eigenvalue weighted by Crippen LogP contribution is -2.32. The fourth-order valence-corrected chi connectivity index (χ4v) is 2.15. The molecule has 1 atom stereocenters. The molecule has 4 nitrogen and oxygen atoms in total. The van der Waals surface area contributed by atoms with Gasteiger partial charge in [-0.1, -0.05) is 19.1 Å². The third kappa shape index (κ3) is 3.07. The fourth-order valence-electron chi connectivity index (χ4n) is 2.01. The molecule has 1 N–H and O–H groups in total. The van der Waals surface area contributed by atoms with Gasteiger partial charge in [-0.3, -0.25) is 4.79 Å². The normalized spacial score (nSPS) is 12.6. The molecule has 0 spiro atoms. The first kappa shape index (κ1) is 13.9. The molecule has 1 aromatic heterocycles. The molecular weight excluding hydrogens is 262 g/mol. The maximum atomic E-state index is 11.6. The van der Waals surface area contributed by atoms with Gasteiger partial charge in [0, 0.05) is 24.9 Å². The van der Waals surface area contributed by atoms with E-state index in [1.54, 1.807) is 0 Å². The van der Waals surface area contributed by atoms with Crippen molar-refractivity contribution in [2.24, 2.45) is 5.92 Å². The smallest absolute Gasteiger partial charge is 0.224 e. The zero-order valence-electron chi connectivity index (χ0n) is 11.2. The molecule has 0 fully saturated rings. The maximum Gasteiger partial charge on any atom is 0.224 e. The van der Waals surface area contributed by atoms with E-state index in [1.807, 2.05) is 38.1 Å². The lowest BCUT2D eigenvalue weighted by molar-refractivity contribution is -0.123. The number of benzene rings is 1. The molecule has 19 heavy (non-hydrogen) atoms. The highest BCUT2D eigenvalue weighted by Crippen LogP contribution is 2.14. The van der Waals surface area contributed by atoms with Gasteiger partial charge in [0.1, 0.15) is 5.82 Å². The number of carbonyl (C=O) groups is 1. The Morgan fingerprint density at radius 2 is 2.21 bits per heavy atom. The van der Waals surface area contributed by atoms with Gasteiger partial charge in [-0.15, -0.1) is 11.6 Å². The molecule has 2 rings (SSSR count). The molecule has 2 aromatic rings. The van der Waals surface area contributed by atoms with E-state index in [2.05, 4.69) is 14.9 Å². The van der Waals surface area contributed by atoms with Gasteiger partial charge in [0.25, 0.3) is 0 Å². The minimum absolute atomic E-state index is 0.00271. The van der Waals surface area contributed by atoms with Crippen LogP contribution in [-0.4, -0.2) is 27.9 Å². The molecule has 0 aliphatic carbocycles. The first-order chi connectivity index (χ1) is 9.13. The summed E-state index contributed by atoms with van der Waals surface area (Å²) >= 11 is 5.65. The van der Waals surface area contributed by atoms with Crippen molar-refractivity contribution >= 4 is 28.5 Å². The van der Waals surface area contributed by atoms with E-state index in [-0.39, 0.29) is 11.8 Å². The van der Waals surface area contributed by atoms with Gasteiger partial charge in [-0.05, 0) is 19.1 Å². The maximum absolute atomic E-state index is 11.6. The average molecular weight is 280 g/mol. The highest BCUT2D eigenvalue weighted by Gasteiger charge is 2.11. The van der Waals surface area contributed by atoms with E-state index >= 15 is 0 Å². The number of nitrogens with one attached hydrogen (secondary N) is 1. The third-order valence-electron chi connectivity index (χ3n) is 3.16. The molecule has 0 radical (unpaired) electrons. The molecule has 0 saturated carbocycles. The summed E-state index contributed by atoms with van der Waals surface area (Å²) in [6.07, 6.45) is 0. The SMILES string of the molecule is Cc1nc2ccccc2n1CCNC(=O)C(C)CCl. The Hall–Kier alpha value is -1.55. The van der Waals surface area contributed by atoms with Crippen molar-refractivity contribution in [3.63, 3.8) is 0 Å². The summed E-state index contributed by atoms with van der Waals surface area (Å²) in [7, 11) is 0. The minimum atomic E-state index is -0.151.